The van der Waals surface area contributed by atoms with Gasteiger partial charge in [-0.25, -0.2) is 0 Å². The van der Waals surface area contributed by atoms with E-state index in [9.17, 15) is 10.1 Å². The molecule has 1 aromatic heterocycles. The van der Waals surface area contributed by atoms with Crippen LogP contribution < -0.4 is 5.73 Å². The van der Waals surface area contributed by atoms with Crippen LogP contribution in [0.2, 0.25) is 0 Å². The van der Waals surface area contributed by atoms with E-state index in [4.69, 9.17) is 5.73 Å². The first-order valence-corrected chi connectivity index (χ1v) is 6.91. The lowest BCUT2D eigenvalue weighted by atomic mass is 9.99. The molecule has 0 radical (unpaired) electrons. The average Bonchev–Trinajstić information content (AvgIpc) is 2.84. The molecule has 1 heterocycles. The van der Waals surface area contributed by atoms with Crippen molar-refractivity contribution < 1.29 is 4.79 Å². The van der Waals surface area contributed by atoms with Crippen LogP contribution in [0, 0.1) is 18.3 Å². The van der Waals surface area contributed by atoms with Crippen LogP contribution in [-0.2, 0) is 7.05 Å². The van der Waals surface area contributed by atoms with Crippen LogP contribution in [0.25, 0.3) is 22.0 Å². The van der Waals surface area contributed by atoms with E-state index in [0.717, 1.165) is 22.0 Å². The minimum Gasteiger partial charge on any atom is -0.364 e. The van der Waals surface area contributed by atoms with Gasteiger partial charge < -0.3 is 10.3 Å². The Morgan fingerprint density at radius 3 is 2.45 bits per heavy atom. The van der Waals surface area contributed by atoms with Crippen LogP contribution in [0.5, 0.6) is 0 Å². The number of primary amides is 1. The van der Waals surface area contributed by atoms with Crippen molar-refractivity contribution in [2.45, 2.75) is 6.92 Å². The third-order valence-corrected chi connectivity index (χ3v) is 3.87. The second-order valence-electron chi connectivity index (χ2n) is 5.39. The number of amides is 1. The highest BCUT2D eigenvalue weighted by Crippen LogP contribution is 2.32. The second kappa shape index (κ2) is 5.05. The fourth-order valence-corrected chi connectivity index (χ4v) is 2.76. The third kappa shape index (κ3) is 2.13. The number of aryl methyl sites for hydroxylation is 2. The summed E-state index contributed by atoms with van der Waals surface area (Å²) in [5.41, 5.74) is 10.4. The molecule has 2 aromatic carbocycles. The standard InChI is InChI=1S/C18H15N3O/c1-11-3-5-13(6-4-11)15-8-12(10-19)7-14-9-16(18(20)22)21(2)17(14)15/h3-9H,1-2H3,(H2,20,22). The molecule has 22 heavy (non-hydrogen) atoms. The number of aromatic nitrogens is 1. The molecule has 4 heteroatoms. The molecule has 1 amide bonds. The lowest BCUT2D eigenvalue weighted by Gasteiger charge is -2.09. The molecule has 0 aliphatic heterocycles. The molecule has 0 aliphatic carbocycles. The van der Waals surface area contributed by atoms with E-state index in [1.165, 1.54) is 5.56 Å². The molecule has 108 valence electrons. The van der Waals surface area contributed by atoms with Gasteiger partial charge in [-0.15, -0.1) is 0 Å². The van der Waals surface area contributed by atoms with Crippen LogP contribution in [0.4, 0.5) is 0 Å². The van der Waals surface area contributed by atoms with Gasteiger partial charge in [0.05, 0.1) is 17.1 Å². The third-order valence-electron chi connectivity index (χ3n) is 3.87. The normalized spacial score (nSPS) is 10.6. The fourth-order valence-electron chi connectivity index (χ4n) is 2.76. The predicted octanol–water partition coefficient (Wildman–Crippen LogP) is 3.12. The number of carbonyl (C=O) groups excluding carboxylic acids is 1. The van der Waals surface area contributed by atoms with Crippen LogP contribution >= 0.6 is 0 Å². The zero-order valence-electron chi connectivity index (χ0n) is 12.4. The van der Waals surface area contributed by atoms with Gasteiger partial charge in [-0.1, -0.05) is 29.8 Å². The Morgan fingerprint density at radius 2 is 1.86 bits per heavy atom. The summed E-state index contributed by atoms with van der Waals surface area (Å²) in [6, 6.07) is 15.6. The van der Waals surface area contributed by atoms with Gasteiger partial charge in [-0.05, 0) is 30.7 Å². The Bertz CT molecular complexity index is 928. The number of carbonyl (C=O) groups is 1. The van der Waals surface area contributed by atoms with Crippen molar-refractivity contribution in [3.8, 4) is 17.2 Å². The molecule has 4 nitrogen and oxygen atoms in total. The summed E-state index contributed by atoms with van der Waals surface area (Å²) in [5, 5.41) is 10.1. The highest BCUT2D eigenvalue weighted by molar-refractivity contribution is 6.03. The first-order valence-electron chi connectivity index (χ1n) is 6.91. The summed E-state index contributed by atoms with van der Waals surface area (Å²) in [7, 11) is 1.81. The van der Waals surface area contributed by atoms with E-state index < -0.39 is 5.91 Å². The predicted molar refractivity (Wildman–Crippen MR) is 86.3 cm³/mol. The van der Waals surface area contributed by atoms with Crippen molar-refractivity contribution in [3.05, 3.63) is 59.3 Å². The maximum Gasteiger partial charge on any atom is 0.265 e. The van der Waals surface area contributed by atoms with Crippen molar-refractivity contribution in [1.82, 2.24) is 4.57 Å². The van der Waals surface area contributed by atoms with Gasteiger partial charge in [0.15, 0.2) is 0 Å². The average molecular weight is 289 g/mol. The van der Waals surface area contributed by atoms with E-state index in [2.05, 4.69) is 6.07 Å². The van der Waals surface area contributed by atoms with E-state index >= 15 is 0 Å². The highest BCUT2D eigenvalue weighted by atomic mass is 16.1. The van der Waals surface area contributed by atoms with Gasteiger partial charge in [0, 0.05) is 18.0 Å². The number of hydrogen-bond donors (Lipinski definition) is 1. The fraction of sp³-hybridized carbons (Fsp3) is 0.111. The van der Waals surface area contributed by atoms with Crippen molar-refractivity contribution in [1.29, 1.82) is 5.26 Å². The Balaban J connectivity index is 2.39. The zero-order chi connectivity index (χ0) is 15.9. The molecular weight excluding hydrogens is 274 g/mol. The summed E-state index contributed by atoms with van der Waals surface area (Å²) in [6.45, 7) is 2.03. The van der Waals surface area contributed by atoms with E-state index in [1.54, 1.807) is 16.7 Å². The molecule has 0 bridgehead atoms. The molecule has 0 aliphatic rings. The molecule has 0 spiro atoms. The van der Waals surface area contributed by atoms with Gasteiger partial charge in [0.2, 0.25) is 0 Å². The van der Waals surface area contributed by atoms with Crippen molar-refractivity contribution in [2.24, 2.45) is 12.8 Å². The monoisotopic (exact) mass is 289 g/mol. The largest absolute Gasteiger partial charge is 0.364 e. The molecule has 3 aromatic rings. The lowest BCUT2D eigenvalue weighted by molar-refractivity contribution is 0.0993. The van der Waals surface area contributed by atoms with Gasteiger partial charge >= 0.3 is 0 Å². The summed E-state index contributed by atoms with van der Waals surface area (Å²) in [5.74, 6) is -0.480. The molecule has 0 fully saturated rings. The van der Waals surface area contributed by atoms with Gasteiger partial charge in [-0.3, -0.25) is 4.79 Å². The molecule has 0 atom stereocenters. The first-order chi connectivity index (χ1) is 10.5. The van der Waals surface area contributed by atoms with Crippen LogP contribution in [0.1, 0.15) is 21.6 Å². The van der Waals surface area contributed by atoms with Gasteiger partial charge in [0.25, 0.3) is 5.91 Å². The smallest absolute Gasteiger partial charge is 0.265 e. The van der Waals surface area contributed by atoms with Crippen LogP contribution in [-0.4, -0.2) is 10.5 Å². The molecule has 0 saturated heterocycles. The van der Waals surface area contributed by atoms with Gasteiger partial charge in [-0.2, -0.15) is 5.26 Å². The Hall–Kier alpha value is -3.06. The first kappa shape index (κ1) is 13.9. The molecule has 0 saturated carbocycles. The minimum absolute atomic E-state index is 0.429. The van der Waals surface area contributed by atoms with E-state index in [1.807, 2.05) is 44.3 Å². The number of benzene rings is 2. The summed E-state index contributed by atoms with van der Waals surface area (Å²) < 4.78 is 1.79. The summed E-state index contributed by atoms with van der Waals surface area (Å²) in [6.07, 6.45) is 0. The molecule has 3 rings (SSSR count). The van der Waals surface area contributed by atoms with Crippen LogP contribution in [0.15, 0.2) is 42.5 Å². The highest BCUT2D eigenvalue weighted by Gasteiger charge is 2.15. The molecule has 2 N–H and O–H groups in total. The van der Waals surface area contributed by atoms with Crippen molar-refractivity contribution in [3.63, 3.8) is 0 Å². The maximum atomic E-state index is 11.6. The summed E-state index contributed by atoms with van der Waals surface area (Å²) >= 11 is 0. The Morgan fingerprint density at radius 1 is 1.18 bits per heavy atom. The topological polar surface area (TPSA) is 71.8 Å². The molecular formula is C18H15N3O. The number of fused-ring (bicyclic) bond motifs is 1. The quantitative estimate of drug-likeness (QED) is 0.787. The Kier molecular flexibility index (Phi) is 3.19. The SMILES string of the molecule is Cc1ccc(-c2cc(C#N)cc3cc(C(N)=O)n(C)c23)cc1. The second-order valence-corrected chi connectivity index (χ2v) is 5.39. The number of nitrogens with two attached hydrogens (primary N) is 1. The molecule has 0 unspecified atom stereocenters. The van der Waals surface area contributed by atoms with E-state index in [0.29, 0.717) is 11.3 Å². The zero-order valence-corrected chi connectivity index (χ0v) is 12.4. The minimum atomic E-state index is -0.480. The van der Waals surface area contributed by atoms with Gasteiger partial charge in [0.1, 0.15) is 5.69 Å². The van der Waals surface area contributed by atoms with E-state index in [-0.39, 0.29) is 0 Å². The number of nitriles is 1. The summed E-state index contributed by atoms with van der Waals surface area (Å²) in [4.78, 5) is 11.6. The number of hydrogen-bond acceptors (Lipinski definition) is 2. The number of nitrogens with zero attached hydrogens (tertiary/aromatic N) is 2. The number of rotatable bonds is 2. The lowest BCUT2D eigenvalue weighted by Crippen LogP contribution is -2.14. The Labute approximate surface area is 128 Å². The van der Waals surface area contributed by atoms with Crippen molar-refractivity contribution in [2.75, 3.05) is 0 Å². The van der Waals surface area contributed by atoms with Crippen LogP contribution in [0.3, 0.4) is 0 Å². The maximum absolute atomic E-state index is 11.6. The van der Waals surface area contributed by atoms with Crippen molar-refractivity contribution >= 4 is 16.8 Å².